The van der Waals surface area contributed by atoms with E-state index in [0.29, 0.717) is 11.7 Å². The third-order valence-electron chi connectivity index (χ3n) is 4.89. The first-order chi connectivity index (χ1) is 12.5. The van der Waals surface area contributed by atoms with E-state index in [9.17, 15) is 9.59 Å². The molecule has 0 saturated carbocycles. The molecule has 5 nitrogen and oxygen atoms in total. The van der Waals surface area contributed by atoms with Crippen molar-refractivity contribution in [2.24, 2.45) is 5.92 Å². The molecule has 0 spiro atoms. The Hall–Kier alpha value is -2.73. The molecule has 1 fully saturated rings. The van der Waals surface area contributed by atoms with E-state index in [1.165, 1.54) is 11.3 Å². The minimum atomic E-state index is -0.366. The number of fused-ring (bicyclic) bond motifs is 1. The van der Waals surface area contributed by atoms with E-state index in [0.717, 1.165) is 27.0 Å². The van der Waals surface area contributed by atoms with Gasteiger partial charge in [-0.3, -0.25) is 9.59 Å². The predicted molar refractivity (Wildman–Crippen MR) is 105 cm³/mol. The number of hydrogen-bond donors (Lipinski definition) is 1. The van der Waals surface area contributed by atoms with Crippen molar-refractivity contribution in [1.82, 2.24) is 4.98 Å². The second-order valence-corrected chi connectivity index (χ2v) is 7.63. The first-order valence-corrected chi connectivity index (χ1v) is 9.37. The lowest BCUT2D eigenvalue weighted by Crippen LogP contribution is -2.28. The van der Waals surface area contributed by atoms with Gasteiger partial charge in [0.15, 0.2) is 5.13 Å². The maximum atomic E-state index is 12.6. The Morgan fingerprint density at radius 2 is 2.00 bits per heavy atom. The van der Waals surface area contributed by atoms with Gasteiger partial charge in [-0.05, 0) is 43.2 Å². The van der Waals surface area contributed by atoms with E-state index >= 15 is 0 Å². The topological polar surface area (TPSA) is 62.3 Å². The molecule has 1 N–H and O–H groups in total. The van der Waals surface area contributed by atoms with Crippen LogP contribution < -0.4 is 10.2 Å². The summed E-state index contributed by atoms with van der Waals surface area (Å²) in [6, 6.07) is 13.7. The van der Waals surface area contributed by atoms with Crippen LogP contribution in [0.2, 0.25) is 0 Å². The van der Waals surface area contributed by atoms with Gasteiger partial charge < -0.3 is 10.2 Å². The first-order valence-electron chi connectivity index (χ1n) is 8.56. The number of aromatic nitrogens is 1. The molecular formula is C20H19N3O2S. The van der Waals surface area contributed by atoms with Gasteiger partial charge in [-0.25, -0.2) is 4.98 Å². The maximum Gasteiger partial charge on any atom is 0.231 e. The van der Waals surface area contributed by atoms with Gasteiger partial charge in [-0.2, -0.15) is 0 Å². The van der Waals surface area contributed by atoms with Crippen LogP contribution in [-0.2, 0) is 9.59 Å². The Morgan fingerprint density at radius 3 is 2.81 bits per heavy atom. The fourth-order valence-electron chi connectivity index (χ4n) is 3.28. The van der Waals surface area contributed by atoms with E-state index in [1.807, 2.05) is 56.3 Å². The number of amides is 2. The van der Waals surface area contributed by atoms with E-state index in [-0.39, 0.29) is 24.2 Å². The van der Waals surface area contributed by atoms with Crippen molar-refractivity contribution in [3.8, 4) is 0 Å². The highest BCUT2D eigenvalue weighted by Crippen LogP contribution is 2.31. The summed E-state index contributed by atoms with van der Waals surface area (Å²) in [6.07, 6.45) is 0.226. The Labute approximate surface area is 155 Å². The summed E-state index contributed by atoms with van der Waals surface area (Å²) in [5.74, 6) is -0.525. The minimum Gasteiger partial charge on any atom is -0.311 e. The van der Waals surface area contributed by atoms with E-state index < -0.39 is 0 Å². The number of nitrogens with one attached hydrogen (secondary N) is 1. The van der Waals surface area contributed by atoms with E-state index in [1.54, 1.807) is 4.90 Å². The summed E-state index contributed by atoms with van der Waals surface area (Å²) in [7, 11) is 0. The van der Waals surface area contributed by atoms with Crippen molar-refractivity contribution in [3.05, 3.63) is 53.6 Å². The molecule has 132 valence electrons. The summed E-state index contributed by atoms with van der Waals surface area (Å²) >= 11 is 1.45. The normalized spacial score (nSPS) is 17.1. The number of aryl methyl sites for hydroxylation is 1. The van der Waals surface area contributed by atoms with E-state index in [2.05, 4.69) is 10.3 Å². The number of para-hydroxylation sites is 1. The summed E-state index contributed by atoms with van der Waals surface area (Å²) in [5.41, 5.74) is 3.98. The fraction of sp³-hybridized carbons (Fsp3) is 0.250. The average molecular weight is 365 g/mol. The third-order valence-corrected chi connectivity index (χ3v) is 5.84. The zero-order valence-corrected chi connectivity index (χ0v) is 15.5. The highest BCUT2D eigenvalue weighted by molar-refractivity contribution is 7.22. The van der Waals surface area contributed by atoms with Crippen LogP contribution in [0.1, 0.15) is 17.5 Å². The molecule has 4 rings (SSSR count). The summed E-state index contributed by atoms with van der Waals surface area (Å²) in [6.45, 7) is 4.43. The van der Waals surface area contributed by atoms with Crippen LogP contribution in [-0.4, -0.2) is 23.3 Å². The molecule has 0 aliphatic carbocycles. The van der Waals surface area contributed by atoms with Crippen molar-refractivity contribution in [3.63, 3.8) is 0 Å². The van der Waals surface area contributed by atoms with Crippen LogP contribution in [0.3, 0.4) is 0 Å². The van der Waals surface area contributed by atoms with Gasteiger partial charge in [-0.15, -0.1) is 0 Å². The molecule has 1 aliphatic rings. The van der Waals surface area contributed by atoms with Gasteiger partial charge >= 0.3 is 0 Å². The highest BCUT2D eigenvalue weighted by atomic mass is 32.1. The minimum absolute atomic E-state index is 0.0110. The Kier molecular flexibility index (Phi) is 4.20. The van der Waals surface area contributed by atoms with Crippen LogP contribution in [0.5, 0.6) is 0 Å². The summed E-state index contributed by atoms with van der Waals surface area (Å²) < 4.78 is 1.03. The number of carbonyl (C=O) groups is 2. The van der Waals surface area contributed by atoms with Crippen molar-refractivity contribution in [2.45, 2.75) is 20.3 Å². The number of carbonyl (C=O) groups excluding carboxylic acids is 2. The molecule has 1 aromatic heterocycles. The molecule has 0 unspecified atom stereocenters. The monoisotopic (exact) mass is 365 g/mol. The van der Waals surface area contributed by atoms with Crippen molar-refractivity contribution in [1.29, 1.82) is 0 Å². The van der Waals surface area contributed by atoms with Crippen LogP contribution >= 0.6 is 11.3 Å². The van der Waals surface area contributed by atoms with Crippen molar-refractivity contribution >= 4 is 44.2 Å². The maximum absolute atomic E-state index is 12.6. The van der Waals surface area contributed by atoms with Gasteiger partial charge in [-0.1, -0.05) is 35.6 Å². The van der Waals surface area contributed by atoms with E-state index in [4.69, 9.17) is 0 Å². The van der Waals surface area contributed by atoms with Crippen LogP contribution in [0.15, 0.2) is 42.5 Å². The molecule has 26 heavy (non-hydrogen) atoms. The molecule has 2 heterocycles. The molecule has 0 bridgehead atoms. The number of thiazole rings is 1. The van der Waals surface area contributed by atoms with Gasteiger partial charge in [0, 0.05) is 18.7 Å². The quantitative estimate of drug-likeness (QED) is 0.765. The Balaban J connectivity index is 1.51. The number of hydrogen-bond acceptors (Lipinski definition) is 4. The molecule has 6 heteroatoms. The van der Waals surface area contributed by atoms with Crippen LogP contribution in [0.4, 0.5) is 10.8 Å². The first kappa shape index (κ1) is 16.7. The molecule has 0 radical (unpaired) electrons. The van der Waals surface area contributed by atoms with Crippen molar-refractivity contribution in [2.75, 3.05) is 16.8 Å². The van der Waals surface area contributed by atoms with Crippen LogP contribution in [0.25, 0.3) is 10.2 Å². The lowest BCUT2D eigenvalue weighted by molar-refractivity contribution is -0.122. The third kappa shape index (κ3) is 2.97. The molecule has 1 atom stereocenters. The zero-order valence-electron chi connectivity index (χ0n) is 14.7. The van der Waals surface area contributed by atoms with Gasteiger partial charge in [0.05, 0.1) is 16.1 Å². The summed E-state index contributed by atoms with van der Waals surface area (Å²) in [4.78, 5) is 31.3. The molecular weight excluding hydrogens is 346 g/mol. The van der Waals surface area contributed by atoms with Gasteiger partial charge in [0.1, 0.15) is 0 Å². The lowest BCUT2D eigenvalue weighted by atomic mass is 10.1. The summed E-state index contributed by atoms with van der Waals surface area (Å²) in [5, 5.41) is 3.46. The lowest BCUT2D eigenvalue weighted by Gasteiger charge is -2.20. The van der Waals surface area contributed by atoms with Crippen LogP contribution in [0, 0.1) is 19.8 Å². The number of nitrogens with zero attached hydrogens (tertiary/aromatic N) is 2. The molecule has 3 aromatic rings. The Morgan fingerprint density at radius 1 is 1.19 bits per heavy atom. The second kappa shape index (κ2) is 6.53. The molecule has 2 amide bonds. The second-order valence-electron chi connectivity index (χ2n) is 6.60. The van der Waals surface area contributed by atoms with Gasteiger partial charge in [0.2, 0.25) is 11.8 Å². The SMILES string of the molecule is Cc1cccc(N2C[C@H](C(=O)Nc3nc4ccccc4s3)CC2=O)c1C. The number of rotatable bonds is 3. The molecule has 2 aromatic carbocycles. The zero-order chi connectivity index (χ0) is 18.3. The standard InChI is InChI=1S/C20H19N3O2S/c1-12-6-5-8-16(13(12)2)23-11-14(10-18(23)24)19(25)22-20-21-15-7-3-4-9-17(15)26-20/h3-9,14H,10-11H2,1-2H3,(H,21,22,25)/t14-/m1/s1. The number of anilines is 2. The predicted octanol–water partition coefficient (Wildman–Crippen LogP) is 3.90. The van der Waals surface area contributed by atoms with Crippen molar-refractivity contribution < 1.29 is 9.59 Å². The fourth-order valence-corrected chi connectivity index (χ4v) is 4.15. The van der Waals surface area contributed by atoms with Gasteiger partial charge in [0.25, 0.3) is 0 Å². The highest BCUT2D eigenvalue weighted by Gasteiger charge is 2.36. The Bertz CT molecular complexity index is 978. The molecule has 1 aliphatic heterocycles. The molecule has 1 saturated heterocycles. The smallest absolute Gasteiger partial charge is 0.231 e. The largest absolute Gasteiger partial charge is 0.311 e. The number of benzene rings is 2. The average Bonchev–Trinajstić information content (AvgIpc) is 3.20.